The zero-order chi connectivity index (χ0) is 13.5. The Labute approximate surface area is 110 Å². The van der Waals surface area contributed by atoms with E-state index in [2.05, 4.69) is 12.6 Å². The predicted octanol–water partition coefficient (Wildman–Crippen LogP) is 1.93. The Morgan fingerprint density at radius 1 is 1.22 bits per heavy atom. The van der Waals surface area contributed by atoms with Crippen LogP contribution in [0.4, 0.5) is 0 Å². The summed E-state index contributed by atoms with van der Waals surface area (Å²) in [5.41, 5.74) is 0.129. The fourth-order valence-electron chi connectivity index (χ4n) is 1.35. The molecule has 1 atom stereocenters. The third-order valence-electron chi connectivity index (χ3n) is 2.28. The first-order valence-electron chi connectivity index (χ1n) is 5.38. The van der Waals surface area contributed by atoms with Gasteiger partial charge in [-0.15, -0.1) is 0 Å². The zero-order valence-electron chi connectivity index (χ0n) is 9.57. The van der Waals surface area contributed by atoms with E-state index >= 15 is 0 Å². The number of aliphatic carboxylic acids is 1. The van der Waals surface area contributed by atoms with Crippen molar-refractivity contribution in [3.8, 4) is 5.75 Å². The van der Waals surface area contributed by atoms with Gasteiger partial charge in [0.25, 0.3) is 0 Å². The zero-order valence-corrected chi connectivity index (χ0v) is 10.5. The monoisotopic (exact) mass is 270 g/mol. The lowest BCUT2D eigenvalue weighted by Gasteiger charge is -2.14. The van der Waals surface area contributed by atoms with Gasteiger partial charge in [0, 0.05) is 0 Å². The molecule has 6 heteroatoms. The van der Waals surface area contributed by atoms with Crippen LogP contribution in [0.15, 0.2) is 24.3 Å². The molecule has 1 aromatic rings. The Bertz CT molecular complexity index is 415. The van der Waals surface area contributed by atoms with Gasteiger partial charge in [-0.2, -0.15) is 12.6 Å². The van der Waals surface area contributed by atoms with Crippen molar-refractivity contribution in [1.82, 2.24) is 0 Å². The number of carboxylic acid groups (broad SMARTS) is 2. The molecule has 0 aliphatic rings. The van der Waals surface area contributed by atoms with Gasteiger partial charge < -0.3 is 14.9 Å². The fourth-order valence-corrected chi connectivity index (χ4v) is 1.53. The molecule has 1 aromatic carbocycles. The van der Waals surface area contributed by atoms with Crippen LogP contribution in [-0.2, 0) is 4.79 Å². The minimum atomic E-state index is -1.04. The van der Waals surface area contributed by atoms with Gasteiger partial charge in [0.1, 0.15) is 5.75 Å². The topological polar surface area (TPSA) is 83.8 Å². The largest absolute Gasteiger partial charge is 0.479 e. The van der Waals surface area contributed by atoms with Crippen LogP contribution in [0.25, 0.3) is 0 Å². The van der Waals surface area contributed by atoms with Crippen LogP contribution in [0.5, 0.6) is 5.75 Å². The van der Waals surface area contributed by atoms with Crippen molar-refractivity contribution in [2.24, 2.45) is 0 Å². The van der Waals surface area contributed by atoms with Gasteiger partial charge in [-0.05, 0) is 42.9 Å². The summed E-state index contributed by atoms with van der Waals surface area (Å²) < 4.78 is 5.29. The lowest BCUT2D eigenvalue weighted by Crippen LogP contribution is -2.27. The van der Waals surface area contributed by atoms with Crippen LogP contribution in [0.2, 0.25) is 0 Å². The van der Waals surface area contributed by atoms with E-state index in [4.69, 9.17) is 14.9 Å². The van der Waals surface area contributed by atoms with Crippen molar-refractivity contribution in [3.05, 3.63) is 29.8 Å². The molecule has 0 fully saturated rings. The van der Waals surface area contributed by atoms with Crippen LogP contribution < -0.4 is 4.74 Å². The second-order valence-corrected chi connectivity index (χ2v) is 4.09. The number of ether oxygens (including phenoxy) is 1. The molecule has 0 aliphatic carbocycles. The van der Waals surface area contributed by atoms with Crippen molar-refractivity contribution in [2.45, 2.75) is 18.9 Å². The van der Waals surface area contributed by atoms with E-state index in [-0.39, 0.29) is 5.56 Å². The molecule has 98 valence electrons. The summed E-state index contributed by atoms with van der Waals surface area (Å²) in [5, 5.41) is 17.7. The number of hydrogen-bond donors (Lipinski definition) is 3. The van der Waals surface area contributed by atoms with E-state index in [1.54, 1.807) is 0 Å². The van der Waals surface area contributed by atoms with Gasteiger partial charge in [0.15, 0.2) is 6.10 Å². The lowest BCUT2D eigenvalue weighted by atomic mass is 10.2. The van der Waals surface area contributed by atoms with Crippen LogP contribution in [0.1, 0.15) is 23.2 Å². The highest BCUT2D eigenvalue weighted by Gasteiger charge is 2.18. The highest BCUT2D eigenvalue weighted by Crippen LogP contribution is 2.16. The van der Waals surface area contributed by atoms with Gasteiger partial charge in [-0.25, -0.2) is 9.59 Å². The summed E-state index contributed by atoms with van der Waals surface area (Å²) in [6.07, 6.45) is 0.0557. The molecule has 0 aliphatic heterocycles. The first-order valence-corrected chi connectivity index (χ1v) is 6.01. The van der Waals surface area contributed by atoms with Crippen LogP contribution in [-0.4, -0.2) is 34.0 Å². The van der Waals surface area contributed by atoms with E-state index in [0.717, 1.165) is 0 Å². The maximum atomic E-state index is 10.9. The molecule has 5 nitrogen and oxygen atoms in total. The molecule has 1 rings (SSSR count). The van der Waals surface area contributed by atoms with E-state index in [1.807, 2.05) is 0 Å². The average Bonchev–Trinajstić information content (AvgIpc) is 2.34. The maximum absolute atomic E-state index is 10.9. The Kier molecular flexibility index (Phi) is 5.51. The number of carbonyl (C=O) groups is 2. The second kappa shape index (κ2) is 6.90. The summed E-state index contributed by atoms with van der Waals surface area (Å²) >= 11 is 4.01. The summed E-state index contributed by atoms with van der Waals surface area (Å²) in [4.78, 5) is 21.6. The quantitative estimate of drug-likeness (QED) is 0.659. The number of carboxylic acids is 2. The highest BCUT2D eigenvalue weighted by atomic mass is 32.1. The fraction of sp³-hybridized carbons (Fsp3) is 0.333. The number of thiol groups is 1. The molecule has 18 heavy (non-hydrogen) atoms. The Morgan fingerprint density at radius 2 is 1.83 bits per heavy atom. The maximum Gasteiger partial charge on any atom is 0.344 e. The molecular formula is C12H14O5S. The summed E-state index contributed by atoms with van der Waals surface area (Å²) in [5.74, 6) is -1.15. The SMILES string of the molecule is O=C(O)c1ccc(OC(CCCS)C(=O)O)cc1. The molecule has 0 saturated heterocycles. The first kappa shape index (κ1) is 14.4. The molecule has 0 bridgehead atoms. The van der Waals surface area contributed by atoms with Gasteiger partial charge >= 0.3 is 11.9 Å². The van der Waals surface area contributed by atoms with Crippen molar-refractivity contribution in [2.75, 3.05) is 5.75 Å². The molecule has 0 spiro atoms. The molecule has 0 amide bonds. The Balaban J connectivity index is 2.68. The standard InChI is InChI=1S/C12H14O5S/c13-11(14)8-3-5-9(6-4-8)17-10(12(15)16)2-1-7-18/h3-6,10,18H,1-2,7H2,(H,13,14)(H,15,16). The molecule has 0 heterocycles. The molecule has 2 N–H and O–H groups in total. The van der Waals surface area contributed by atoms with Crippen LogP contribution in [0, 0.1) is 0 Å². The van der Waals surface area contributed by atoms with E-state index in [1.165, 1.54) is 24.3 Å². The van der Waals surface area contributed by atoms with Gasteiger partial charge in [-0.3, -0.25) is 0 Å². The molecule has 0 radical (unpaired) electrons. The van der Waals surface area contributed by atoms with E-state index in [0.29, 0.717) is 24.3 Å². The molecule has 0 saturated carbocycles. The summed E-state index contributed by atoms with van der Waals surface area (Å²) in [6, 6.07) is 5.63. The minimum absolute atomic E-state index is 0.129. The Hall–Kier alpha value is -1.69. The number of benzene rings is 1. The summed E-state index contributed by atoms with van der Waals surface area (Å²) in [7, 11) is 0. The third-order valence-corrected chi connectivity index (χ3v) is 2.60. The normalized spacial score (nSPS) is 11.8. The predicted molar refractivity (Wildman–Crippen MR) is 68.5 cm³/mol. The number of hydrogen-bond acceptors (Lipinski definition) is 4. The smallest absolute Gasteiger partial charge is 0.344 e. The first-order chi connectivity index (χ1) is 8.54. The van der Waals surface area contributed by atoms with Crippen LogP contribution >= 0.6 is 12.6 Å². The average molecular weight is 270 g/mol. The van der Waals surface area contributed by atoms with Crippen LogP contribution in [0.3, 0.4) is 0 Å². The van der Waals surface area contributed by atoms with E-state index in [9.17, 15) is 9.59 Å². The molecule has 1 unspecified atom stereocenters. The molecular weight excluding hydrogens is 256 g/mol. The minimum Gasteiger partial charge on any atom is -0.479 e. The third kappa shape index (κ3) is 4.29. The molecule has 0 aromatic heterocycles. The Morgan fingerprint density at radius 3 is 2.28 bits per heavy atom. The van der Waals surface area contributed by atoms with Crippen molar-refractivity contribution in [1.29, 1.82) is 0 Å². The van der Waals surface area contributed by atoms with Gasteiger partial charge in [0.05, 0.1) is 5.56 Å². The number of rotatable bonds is 7. The lowest BCUT2D eigenvalue weighted by molar-refractivity contribution is -0.145. The van der Waals surface area contributed by atoms with Crippen molar-refractivity contribution < 1.29 is 24.5 Å². The van der Waals surface area contributed by atoms with E-state index < -0.39 is 18.0 Å². The highest BCUT2D eigenvalue weighted by molar-refractivity contribution is 7.80. The van der Waals surface area contributed by atoms with Gasteiger partial charge in [-0.1, -0.05) is 0 Å². The van der Waals surface area contributed by atoms with Crippen molar-refractivity contribution >= 4 is 24.6 Å². The second-order valence-electron chi connectivity index (χ2n) is 3.64. The van der Waals surface area contributed by atoms with Crippen molar-refractivity contribution in [3.63, 3.8) is 0 Å². The summed E-state index contributed by atoms with van der Waals surface area (Å²) in [6.45, 7) is 0. The number of aromatic carboxylic acids is 1. The van der Waals surface area contributed by atoms with Gasteiger partial charge in [0.2, 0.25) is 0 Å².